The Hall–Kier alpha value is -2.64. The van der Waals surface area contributed by atoms with Crippen LogP contribution in [-0.4, -0.2) is 52.6 Å². The summed E-state index contributed by atoms with van der Waals surface area (Å²) < 4.78 is 15.1. The van der Waals surface area contributed by atoms with Gasteiger partial charge in [-0.15, -0.1) is 0 Å². The molecule has 0 saturated carbocycles. The lowest BCUT2D eigenvalue weighted by atomic mass is 10.1. The molecule has 0 aliphatic rings. The summed E-state index contributed by atoms with van der Waals surface area (Å²) >= 11 is 0. The Morgan fingerprint density at radius 1 is 0.958 bits per heavy atom. The summed E-state index contributed by atoms with van der Waals surface area (Å²) in [5, 5.41) is 7.90. The summed E-state index contributed by atoms with van der Waals surface area (Å²) in [6.45, 7) is 3.15. The third-order valence-electron chi connectivity index (χ3n) is 3.10. The molecule has 0 aliphatic heterocycles. The predicted molar refractivity (Wildman–Crippen MR) is 89.7 cm³/mol. The van der Waals surface area contributed by atoms with Crippen LogP contribution in [0.5, 0.6) is 11.5 Å². The molecule has 3 amide bonds. The standard InChI is InChI=1S/C16H25N3O5/c1-4-24-16(21)19-10-9-18-15(20)17-8-7-12-5-6-13(22-2)14(11-12)23-3/h5-6,11H,4,7-10H2,1-3H3,(H,19,21)(H2,17,18,20). The predicted octanol–water partition coefficient (Wildman–Crippen LogP) is 1.29. The average molecular weight is 339 g/mol. The SMILES string of the molecule is CCOC(=O)NCCNC(=O)NCCc1ccc(OC)c(OC)c1. The molecule has 0 spiro atoms. The number of alkyl carbamates (subject to hydrolysis) is 1. The summed E-state index contributed by atoms with van der Waals surface area (Å²) in [7, 11) is 3.16. The molecule has 134 valence electrons. The molecule has 0 aliphatic carbocycles. The van der Waals surface area contributed by atoms with Crippen LogP contribution >= 0.6 is 0 Å². The van der Waals surface area contributed by atoms with Gasteiger partial charge in [-0.2, -0.15) is 0 Å². The number of methoxy groups -OCH3 is 2. The molecule has 24 heavy (non-hydrogen) atoms. The molecule has 0 heterocycles. The summed E-state index contributed by atoms with van der Waals surface area (Å²) in [5.41, 5.74) is 1.02. The third kappa shape index (κ3) is 7.08. The maximum atomic E-state index is 11.6. The van der Waals surface area contributed by atoms with E-state index in [4.69, 9.17) is 14.2 Å². The van der Waals surface area contributed by atoms with Gasteiger partial charge in [0.05, 0.1) is 20.8 Å². The Bertz CT molecular complexity index is 536. The first-order valence-electron chi connectivity index (χ1n) is 7.74. The van der Waals surface area contributed by atoms with Crippen molar-refractivity contribution in [1.82, 2.24) is 16.0 Å². The fourth-order valence-electron chi connectivity index (χ4n) is 1.94. The van der Waals surface area contributed by atoms with Crippen molar-refractivity contribution in [3.63, 3.8) is 0 Å². The maximum Gasteiger partial charge on any atom is 0.407 e. The van der Waals surface area contributed by atoms with Gasteiger partial charge in [-0.25, -0.2) is 9.59 Å². The van der Waals surface area contributed by atoms with Crippen LogP contribution in [0.4, 0.5) is 9.59 Å². The summed E-state index contributed by atoms with van der Waals surface area (Å²) in [6, 6.07) is 5.34. The quantitative estimate of drug-likeness (QED) is 0.589. The zero-order valence-electron chi connectivity index (χ0n) is 14.3. The van der Waals surface area contributed by atoms with Crippen molar-refractivity contribution < 1.29 is 23.8 Å². The summed E-state index contributed by atoms with van der Waals surface area (Å²) in [5.74, 6) is 1.32. The Balaban J connectivity index is 2.22. The number of benzene rings is 1. The molecule has 1 aromatic rings. The molecule has 8 nitrogen and oxygen atoms in total. The van der Waals surface area contributed by atoms with Crippen molar-refractivity contribution in [2.24, 2.45) is 0 Å². The first-order chi connectivity index (χ1) is 11.6. The molecule has 8 heteroatoms. The lowest BCUT2D eigenvalue weighted by Gasteiger charge is -2.11. The third-order valence-corrected chi connectivity index (χ3v) is 3.10. The molecule has 0 fully saturated rings. The van der Waals surface area contributed by atoms with Gasteiger partial charge in [-0.05, 0) is 31.0 Å². The molecule has 0 saturated heterocycles. The maximum absolute atomic E-state index is 11.6. The molecule has 0 aromatic heterocycles. The van der Waals surface area contributed by atoms with Crippen molar-refractivity contribution in [3.05, 3.63) is 23.8 Å². The van der Waals surface area contributed by atoms with E-state index in [-0.39, 0.29) is 6.03 Å². The topological polar surface area (TPSA) is 97.9 Å². The van der Waals surface area contributed by atoms with Gasteiger partial charge in [0.15, 0.2) is 11.5 Å². The molecule has 1 aromatic carbocycles. The van der Waals surface area contributed by atoms with Gasteiger partial charge >= 0.3 is 12.1 Å². The smallest absolute Gasteiger partial charge is 0.407 e. The second-order valence-electron chi connectivity index (χ2n) is 4.77. The van der Waals surface area contributed by atoms with Gasteiger partial charge < -0.3 is 30.2 Å². The van der Waals surface area contributed by atoms with Gasteiger partial charge in [0.2, 0.25) is 0 Å². The molecular weight excluding hydrogens is 314 g/mol. The highest BCUT2D eigenvalue weighted by Crippen LogP contribution is 2.27. The van der Waals surface area contributed by atoms with Crippen LogP contribution in [-0.2, 0) is 11.2 Å². The fourth-order valence-corrected chi connectivity index (χ4v) is 1.94. The summed E-state index contributed by atoms with van der Waals surface area (Å²) in [4.78, 5) is 22.7. The van der Waals surface area contributed by atoms with Crippen molar-refractivity contribution in [3.8, 4) is 11.5 Å². The Kier molecular flexibility index (Phi) is 8.88. The molecule has 0 atom stereocenters. The van der Waals surface area contributed by atoms with E-state index in [9.17, 15) is 9.59 Å². The van der Waals surface area contributed by atoms with E-state index in [0.29, 0.717) is 44.2 Å². The van der Waals surface area contributed by atoms with Crippen LogP contribution in [0.3, 0.4) is 0 Å². The number of carbonyl (C=O) groups excluding carboxylic acids is 2. The molecule has 1 rings (SSSR count). The van der Waals surface area contributed by atoms with E-state index in [2.05, 4.69) is 16.0 Å². The van der Waals surface area contributed by atoms with Gasteiger partial charge in [0.25, 0.3) is 0 Å². The minimum Gasteiger partial charge on any atom is -0.493 e. The largest absolute Gasteiger partial charge is 0.493 e. The second-order valence-corrected chi connectivity index (χ2v) is 4.77. The lowest BCUT2D eigenvalue weighted by Crippen LogP contribution is -2.41. The van der Waals surface area contributed by atoms with Crippen molar-refractivity contribution in [2.45, 2.75) is 13.3 Å². The first-order valence-corrected chi connectivity index (χ1v) is 7.74. The zero-order chi connectivity index (χ0) is 17.8. The van der Waals surface area contributed by atoms with Gasteiger partial charge in [0, 0.05) is 19.6 Å². The van der Waals surface area contributed by atoms with Crippen LogP contribution in [0.15, 0.2) is 18.2 Å². The van der Waals surface area contributed by atoms with Crippen molar-refractivity contribution in [2.75, 3.05) is 40.5 Å². The number of carbonyl (C=O) groups is 2. The number of nitrogens with one attached hydrogen (secondary N) is 3. The lowest BCUT2D eigenvalue weighted by molar-refractivity contribution is 0.152. The summed E-state index contributed by atoms with van der Waals surface area (Å²) in [6.07, 6.45) is 0.169. The van der Waals surface area contributed by atoms with E-state index in [0.717, 1.165) is 5.56 Å². The molecular formula is C16H25N3O5. The monoisotopic (exact) mass is 339 g/mol. The number of hydrogen-bond acceptors (Lipinski definition) is 5. The number of amides is 3. The molecule has 3 N–H and O–H groups in total. The van der Waals surface area contributed by atoms with E-state index in [1.165, 1.54) is 0 Å². The van der Waals surface area contributed by atoms with Gasteiger partial charge in [-0.3, -0.25) is 0 Å². The Morgan fingerprint density at radius 2 is 1.62 bits per heavy atom. The highest BCUT2D eigenvalue weighted by atomic mass is 16.5. The van der Waals surface area contributed by atoms with Gasteiger partial charge in [0.1, 0.15) is 0 Å². The van der Waals surface area contributed by atoms with Crippen LogP contribution in [0.2, 0.25) is 0 Å². The highest BCUT2D eigenvalue weighted by molar-refractivity contribution is 5.74. The van der Waals surface area contributed by atoms with Crippen molar-refractivity contribution in [1.29, 1.82) is 0 Å². The average Bonchev–Trinajstić information content (AvgIpc) is 2.58. The highest BCUT2D eigenvalue weighted by Gasteiger charge is 2.05. The molecule has 0 radical (unpaired) electrons. The van der Waals surface area contributed by atoms with E-state index in [1.807, 2.05) is 18.2 Å². The van der Waals surface area contributed by atoms with Crippen molar-refractivity contribution >= 4 is 12.1 Å². The fraction of sp³-hybridized carbons (Fsp3) is 0.500. The minimum atomic E-state index is -0.492. The number of rotatable bonds is 9. The van der Waals surface area contributed by atoms with Crippen LogP contribution in [0.1, 0.15) is 12.5 Å². The van der Waals surface area contributed by atoms with Crippen LogP contribution in [0.25, 0.3) is 0 Å². The number of ether oxygens (including phenoxy) is 3. The number of urea groups is 1. The van der Waals surface area contributed by atoms with E-state index >= 15 is 0 Å². The minimum absolute atomic E-state index is 0.291. The number of hydrogen-bond donors (Lipinski definition) is 3. The van der Waals surface area contributed by atoms with Crippen LogP contribution < -0.4 is 25.4 Å². The first kappa shape index (κ1) is 19.4. The molecule has 0 bridgehead atoms. The Labute approximate surface area is 141 Å². The molecule has 0 unspecified atom stereocenters. The zero-order valence-corrected chi connectivity index (χ0v) is 14.3. The second kappa shape index (κ2) is 11.0. The van der Waals surface area contributed by atoms with E-state index < -0.39 is 6.09 Å². The van der Waals surface area contributed by atoms with Gasteiger partial charge in [-0.1, -0.05) is 6.07 Å². The van der Waals surface area contributed by atoms with Crippen LogP contribution in [0, 0.1) is 0 Å². The normalized spacial score (nSPS) is 9.79. The Morgan fingerprint density at radius 3 is 2.29 bits per heavy atom. The van der Waals surface area contributed by atoms with E-state index in [1.54, 1.807) is 21.1 Å².